The van der Waals surface area contributed by atoms with Gasteiger partial charge in [-0.15, -0.1) is 6.58 Å². The van der Waals surface area contributed by atoms with E-state index in [0.29, 0.717) is 13.6 Å². The fraction of sp³-hybridized carbons (Fsp3) is 0.250. The molecule has 0 spiro atoms. The Hall–Kier alpha value is -1.44. The van der Waals surface area contributed by atoms with Crippen LogP contribution in [0, 0.1) is 5.92 Å². The van der Waals surface area contributed by atoms with Gasteiger partial charge in [0.2, 0.25) is 0 Å². The first-order valence-electron chi connectivity index (χ1n) is 4.18. The topological polar surface area (TPSA) is 17.1 Å². The lowest BCUT2D eigenvalue weighted by Gasteiger charge is -2.07. The van der Waals surface area contributed by atoms with Crippen LogP contribution in [0.2, 0.25) is 0 Å². The Labute approximate surface area is 85.3 Å². The first-order chi connectivity index (χ1) is 6.76. The van der Waals surface area contributed by atoms with E-state index in [1.165, 1.54) is 0 Å². The number of aldehydes is 1. The minimum atomic E-state index is 0.0544. The standard InChI is InChI=1S/C11H14O.CH3F/c1-4-6-7-10(3)11(5-2)8-9-12;1-2/h4-7,9,11H,1-3,8H2;1H3/b7-6-;. The minimum absolute atomic E-state index is 0.0544. The van der Waals surface area contributed by atoms with Crippen LogP contribution in [-0.4, -0.2) is 13.5 Å². The molecule has 78 valence electrons. The van der Waals surface area contributed by atoms with Crippen molar-refractivity contribution in [2.45, 2.75) is 6.42 Å². The molecule has 0 saturated carbocycles. The predicted octanol–water partition coefficient (Wildman–Crippen LogP) is 3.26. The zero-order valence-electron chi connectivity index (χ0n) is 8.58. The molecule has 0 radical (unpaired) electrons. The largest absolute Gasteiger partial charge is 0.303 e. The third kappa shape index (κ3) is 7.22. The third-order valence-electron chi connectivity index (χ3n) is 1.56. The number of carbonyl (C=O) groups excluding carboxylic acids is 1. The molecule has 0 aliphatic heterocycles. The molecule has 14 heavy (non-hydrogen) atoms. The SMILES string of the molecule is C=C/C=C\C(=C)C(C=C)CC=O.CF. The van der Waals surface area contributed by atoms with Crippen molar-refractivity contribution >= 4 is 6.29 Å². The Morgan fingerprint density at radius 2 is 2.00 bits per heavy atom. The highest BCUT2D eigenvalue weighted by molar-refractivity contribution is 5.52. The molecule has 0 aliphatic rings. The Bertz CT molecular complexity index is 216. The molecule has 0 aromatic heterocycles. The number of hydrogen-bond acceptors (Lipinski definition) is 1. The minimum Gasteiger partial charge on any atom is -0.303 e. The summed E-state index contributed by atoms with van der Waals surface area (Å²) in [5.41, 5.74) is 0.886. The van der Waals surface area contributed by atoms with E-state index in [1.54, 1.807) is 18.2 Å². The Morgan fingerprint density at radius 3 is 2.36 bits per heavy atom. The summed E-state index contributed by atoms with van der Waals surface area (Å²) < 4.78 is 9.50. The van der Waals surface area contributed by atoms with Gasteiger partial charge in [-0.2, -0.15) is 0 Å². The summed E-state index contributed by atoms with van der Waals surface area (Å²) in [6, 6.07) is 0. The summed E-state index contributed by atoms with van der Waals surface area (Å²) >= 11 is 0. The predicted molar refractivity (Wildman–Crippen MR) is 59.9 cm³/mol. The average molecular weight is 196 g/mol. The summed E-state index contributed by atoms with van der Waals surface area (Å²) in [4.78, 5) is 10.2. The van der Waals surface area contributed by atoms with E-state index in [0.717, 1.165) is 11.9 Å². The van der Waals surface area contributed by atoms with E-state index in [1.807, 2.05) is 6.08 Å². The average Bonchev–Trinajstić information content (AvgIpc) is 2.25. The van der Waals surface area contributed by atoms with Crippen LogP contribution in [0.25, 0.3) is 0 Å². The molecule has 0 bridgehead atoms. The van der Waals surface area contributed by atoms with Crippen molar-refractivity contribution < 1.29 is 9.18 Å². The van der Waals surface area contributed by atoms with Gasteiger partial charge < -0.3 is 4.79 Å². The van der Waals surface area contributed by atoms with E-state index in [-0.39, 0.29) is 5.92 Å². The Kier molecular flexibility index (Phi) is 12.4. The number of carbonyl (C=O) groups is 1. The molecular weight excluding hydrogens is 179 g/mol. The van der Waals surface area contributed by atoms with Crippen molar-refractivity contribution in [2.75, 3.05) is 7.18 Å². The highest BCUT2D eigenvalue weighted by Crippen LogP contribution is 2.14. The van der Waals surface area contributed by atoms with E-state index in [2.05, 4.69) is 19.7 Å². The number of alkyl halides is 1. The zero-order chi connectivity index (χ0) is 11.4. The highest BCUT2D eigenvalue weighted by atomic mass is 19.1. The molecule has 0 aliphatic carbocycles. The first kappa shape index (κ1) is 15.1. The van der Waals surface area contributed by atoms with Gasteiger partial charge >= 0.3 is 0 Å². The van der Waals surface area contributed by atoms with Crippen LogP contribution in [0.4, 0.5) is 4.39 Å². The molecule has 1 unspecified atom stereocenters. The fourth-order valence-electron chi connectivity index (χ4n) is 0.818. The van der Waals surface area contributed by atoms with Crippen molar-refractivity contribution in [1.82, 2.24) is 0 Å². The maximum Gasteiger partial charge on any atom is 0.120 e. The monoisotopic (exact) mass is 196 g/mol. The smallest absolute Gasteiger partial charge is 0.120 e. The van der Waals surface area contributed by atoms with Gasteiger partial charge in [0.1, 0.15) is 6.29 Å². The van der Waals surface area contributed by atoms with Gasteiger partial charge in [0.15, 0.2) is 0 Å². The number of rotatable bonds is 6. The number of allylic oxidation sites excluding steroid dienone is 5. The maximum atomic E-state index is 10.2. The van der Waals surface area contributed by atoms with Gasteiger partial charge in [0.25, 0.3) is 0 Å². The van der Waals surface area contributed by atoms with E-state index >= 15 is 0 Å². The van der Waals surface area contributed by atoms with Crippen LogP contribution >= 0.6 is 0 Å². The van der Waals surface area contributed by atoms with Gasteiger partial charge in [-0.25, -0.2) is 0 Å². The van der Waals surface area contributed by atoms with Crippen LogP contribution in [0.15, 0.2) is 49.6 Å². The lowest BCUT2D eigenvalue weighted by molar-refractivity contribution is -0.108. The van der Waals surface area contributed by atoms with E-state index in [9.17, 15) is 9.18 Å². The maximum absolute atomic E-state index is 10.2. The van der Waals surface area contributed by atoms with Crippen LogP contribution < -0.4 is 0 Å². The Balaban J connectivity index is 0. The molecule has 0 aromatic rings. The third-order valence-corrected chi connectivity index (χ3v) is 1.56. The van der Waals surface area contributed by atoms with Gasteiger partial charge in [0, 0.05) is 12.3 Å². The van der Waals surface area contributed by atoms with Gasteiger partial charge in [0.05, 0.1) is 7.18 Å². The second-order valence-corrected chi connectivity index (χ2v) is 2.41. The second-order valence-electron chi connectivity index (χ2n) is 2.41. The molecular formula is C12H17FO. The van der Waals surface area contributed by atoms with Crippen LogP contribution in [0.5, 0.6) is 0 Å². The molecule has 0 amide bonds. The summed E-state index contributed by atoms with van der Waals surface area (Å²) in [5.74, 6) is 0.0544. The van der Waals surface area contributed by atoms with Crippen molar-refractivity contribution in [3.05, 3.63) is 49.6 Å². The molecule has 0 saturated heterocycles. The molecule has 0 N–H and O–H groups in total. The van der Waals surface area contributed by atoms with Gasteiger partial charge in [-0.3, -0.25) is 4.39 Å². The summed E-state index contributed by atoms with van der Waals surface area (Å²) in [5, 5.41) is 0. The van der Waals surface area contributed by atoms with Crippen LogP contribution in [0.1, 0.15) is 6.42 Å². The van der Waals surface area contributed by atoms with Crippen molar-refractivity contribution in [3.8, 4) is 0 Å². The molecule has 0 fully saturated rings. The molecule has 0 rings (SSSR count). The van der Waals surface area contributed by atoms with E-state index in [4.69, 9.17) is 0 Å². The Morgan fingerprint density at radius 1 is 1.43 bits per heavy atom. The van der Waals surface area contributed by atoms with Crippen LogP contribution in [0.3, 0.4) is 0 Å². The van der Waals surface area contributed by atoms with Crippen molar-refractivity contribution in [1.29, 1.82) is 0 Å². The van der Waals surface area contributed by atoms with Gasteiger partial charge in [-0.1, -0.05) is 37.5 Å². The van der Waals surface area contributed by atoms with Crippen LogP contribution in [-0.2, 0) is 4.79 Å². The number of halogens is 1. The fourth-order valence-corrected chi connectivity index (χ4v) is 0.818. The first-order valence-corrected chi connectivity index (χ1v) is 4.18. The van der Waals surface area contributed by atoms with E-state index < -0.39 is 0 Å². The molecule has 2 heteroatoms. The summed E-state index contributed by atoms with van der Waals surface area (Å²) in [6.45, 7) is 11.0. The lowest BCUT2D eigenvalue weighted by atomic mass is 9.97. The molecule has 0 heterocycles. The number of hydrogen-bond donors (Lipinski definition) is 0. The summed E-state index contributed by atoms with van der Waals surface area (Å²) in [6.07, 6.45) is 8.35. The molecule has 0 aromatic carbocycles. The quantitative estimate of drug-likeness (QED) is 0.362. The summed E-state index contributed by atoms with van der Waals surface area (Å²) in [7, 11) is 0.500. The second kappa shape index (κ2) is 11.6. The zero-order valence-corrected chi connectivity index (χ0v) is 8.58. The van der Waals surface area contributed by atoms with Gasteiger partial charge in [-0.05, 0) is 5.57 Å². The lowest BCUT2D eigenvalue weighted by Crippen LogP contribution is -1.97. The molecule has 1 atom stereocenters. The van der Waals surface area contributed by atoms with Crippen molar-refractivity contribution in [3.63, 3.8) is 0 Å². The van der Waals surface area contributed by atoms with Crippen molar-refractivity contribution in [2.24, 2.45) is 5.92 Å². The highest BCUT2D eigenvalue weighted by Gasteiger charge is 2.03. The normalized spacial score (nSPS) is 11.0. The molecule has 1 nitrogen and oxygen atoms in total.